The highest BCUT2D eigenvalue weighted by molar-refractivity contribution is 5.63. The second kappa shape index (κ2) is 9.53. The van der Waals surface area contributed by atoms with E-state index in [1.807, 2.05) is 35.2 Å². The first-order valence-corrected chi connectivity index (χ1v) is 12.9. The molecule has 1 unspecified atom stereocenters. The van der Waals surface area contributed by atoms with E-state index in [-0.39, 0.29) is 42.6 Å². The topological polar surface area (TPSA) is 83.8 Å². The van der Waals surface area contributed by atoms with Gasteiger partial charge < -0.3 is 29.4 Å². The highest BCUT2D eigenvalue weighted by Crippen LogP contribution is 2.70. The number of nitrogens with zero attached hydrogens (tertiary/aromatic N) is 4. The zero-order valence-corrected chi connectivity index (χ0v) is 21.5. The number of hydrogen-bond donors (Lipinski definition) is 2. The fourth-order valence-electron chi connectivity index (χ4n) is 6.83. The number of likely N-dealkylation sites (tertiary alicyclic amines) is 1. The van der Waals surface area contributed by atoms with Gasteiger partial charge in [-0.2, -0.15) is 0 Å². The summed E-state index contributed by atoms with van der Waals surface area (Å²) >= 11 is 0. The van der Waals surface area contributed by atoms with Gasteiger partial charge in [0.25, 0.3) is 5.82 Å². The third-order valence-electron chi connectivity index (χ3n) is 8.56. The molecular weight excluding hydrogens is 518 g/mol. The lowest BCUT2D eigenvalue weighted by Gasteiger charge is -2.43. The van der Waals surface area contributed by atoms with Gasteiger partial charge in [0.05, 0.1) is 19.8 Å². The fourth-order valence-corrected chi connectivity index (χ4v) is 6.83. The number of methoxy groups -OCH3 is 1. The Morgan fingerprint density at radius 2 is 1.82 bits per heavy atom. The van der Waals surface area contributed by atoms with E-state index in [4.69, 9.17) is 22.6 Å². The third-order valence-corrected chi connectivity index (χ3v) is 8.56. The summed E-state index contributed by atoms with van der Waals surface area (Å²) in [5, 5.41) is 24.9. The number of fused-ring (bicyclic) bond motifs is 3. The Bertz CT molecular complexity index is 1520. The summed E-state index contributed by atoms with van der Waals surface area (Å²) in [7, 11) is 1.36. The molecule has 3 heterocycles. The smallest absolute Gasteiger partial charge is 0.319 e. The summed E-state index contributed by atoms with van der Waals surface area (Å²) in [6, 6.07) is 17.4. The molecule has 3 aromatic rings. The van der Waals surface area contributed by atoms with E-state index < -0.39 is 41.5 Å². The average molecular weight is 545 g/mol. The normalized spacial score (nSPS) is 29.1. The average Bonchev–Trinajstić information content (AvgIpc) is 3.32. The first-order chi connectivity index (χ1) is 19.3. The maximum absolute atomic E-state index is 13.3. The number of rotatable bonds is 6. The number of ether oxygens (including phenoxy) is 2. The molecule has 6 rings (SSSR count). The van der Waals surface area contributed by atoms with Crippen LogP contribution in [-0.4, -0.2) is 59.4 Å². The van der Waals surface area contributed by atoms with E-state index in [0.717, 1.165) is 5.56 Å². The number of alkyl halides is 2. The Morgan fingerprint density at radius 3 is 2.42 bits per heavy atom. The van der Waals surface area contributed by atoms with Crippen molar-refractivity contribution in [3.05, 3.63) is 100 Å². The van der Waals surface area contributed by atoms with Crippen molar-refractivity contribution in [3.63, 3.8) is 0 Å². The van der Waals surface area contributed by atoms with Crippen LogP contribution in [0.2, 0.25) is 0 Å². The standard InChI is InChI=1S/C30H26F2N4O4/c1-33-20-11-9-19(10-12-20)30-24(17-7-5-4-6-8-17)21(16-36-14-18(15-36)27(31)32)26(37)29(30,38)25-22(40-30)13-23(34-2)35-28(25)39-3/h4-13,18,21,24,26-27,37-38H,14-16H2,3H3/t21-,24-,26-,29+,30?/m1/s1. The number of aliphatic hydroxyl groups excluding tert-OH is 1. The lowest BCUT2D eigenvalue weighted by atomic mass is 9.70. The number of aliphatic hydroxyl groups is 2. The van der Waals surface area contributed by atoms with E-state index in [1.165, 1.54) is 13.2 Å². The van der Waals surface area contributed by atoms with Crippen LogP contribution >= 0.6 is 0 Å². The van der Waals surface area contributed by atoms with E-state index >= 15 is 0 Å². The summed E-state index contributed by atoms with van der Waals surface area (Å²) in [6.45, 7) is 15.5. The van der Waals surface area contributed by atoms with Crippen molar-refractivity contribution >= 4 is 11.5 Å². The van der Waals surface area contributed by atoms with Gasteiger partial charge in [-0.3, -0.25) is 0 Å². The van der Waals surface area contributed by atoms with E-state index in [1.54, 1.807) is 24.3 Å². The Balaban J connectivity index is 1.59. The van der Waals surface area contributed by atoms with Gasteiger partial charge in [0.15, 0.2) is 16.9 Å². The van der Waals surface area contributed by atoms with Crippen molar-refractivity contribution in [2.24, 2.45) is 11.8 Å². The van der Waals surface area contributed by atoms with Crippen LogP contribution in [0.15, 0.2) is 60.7 Å². The largest absolute Gasteiger partial charge is 0.479 e. The van der Waals surface area contributed by atoms with Crippen LogP contribution in [0.4, 0.5) is 20.3 Å². The van der Waals surface area contributed by atoms with Gasteiger partial charge in [0, 0.05) is 43.5 Å². The predicted octanol–water partition coefficient (Wildman–Crippen LogP) is 4.64. The molecule has 0 bridgehead atoms. The minimum atomic E-state index is -2.42. The molecule has 0 amide bonds. The molecule has 1 saturated heterocycles. The summed E-state index contributed by atoms with van der Waals surface area (Å²) in [6.07, 6.45) is -3.85. The SMILES string of the molecule is [C-]#[N+]c1ccc(C23Oc4cc([N+]#[C-])nc(OC)c4[C@]2(O)[C@H](O)[C@H](CN2CC(C(F)F)C2)[C@H]3c2ccccc2)cc1. The maximum Gasteiger partial charge on any atom is 0.319 e. The zero-order valence-electron chi connectivity index (χ0n) is 21.5. The van der Waals surface area contributed by atoms with Gasteiger partial charge >= 0.3 is 5.88 Å². The van der Waals surface area contributed by atoms with Gasteiger partial charge in [0.1, 0.15) is 11.3 Å². The molecule has 40 heavy (non-hydrogen) atoms. The number of aromatic nitrogens is 1. The van der Waals surface area contributed by atoms with E-state index in [9.17, 15) is 19.0 Å². The quantitative estimate of drug-likeness (QED) is 0.440. The molecule has 8 nitrogen and oxygen atoms in total. The highest BCUT2D eigenvalue weighted by Gasteiger charge is 2.77. The summed E-state index contributed by atoms with van der Waals surface area (Å²) in [4.78, 5) is 13.0. The third kappa shape index (κ3) is 3.54. The predicted molar refractivity (Wildman–Crippen MR) is 141 cm³/mol. The Hall–Kier alpha value is -4.09. The minimum Gasteiger partial charge on any atom is -0.479 e. The molecule has 2 aliphatic heterocycles. The van der Waals surface area contributed by atoms with Crippen molar-refractivity contribution in [2.75, 3.05) is 26.7 Å². The summed E-state index contributed by atoms with van der Waals surface area (Å²) < 4.78 is 38.8. The molecule has 2 aromatic carbocycles. The molecule has 1 saturated carbocycles. The first kappa shape index (κ1) is 26.1. The van der Waals surface area contributed by atoms with Crippen LogP contribution in [0.3, 0.4) is 0 Å². The number of halogens is 2. The van der Waals surface area contributed by atoms with Crippen LogP contribution in [0.25, 0.3) is 9.69 Å². The van der Waals surface area contributed by atoms with E-state index in [2.05, 4.69) is 14.7 Å². The Labute approximate surface area is 230 Å². The number of benzene rings is 2. The fraction of sp³-hybridized carbons (Fsp3) is 0.367. The molecule has 10 heteroatoms. The summed E-state index contributed by atoms with van der Waals surface area (Å²) in [5.74, 6) is -1.93. The van der Waals surface area contributed by atoms with Crippen LogP contribution in [0.1, 0.15) is 22.6 Å². The van der Waals surface area contributed by atoms with Crippen LogP contribution < -0.4 is 9.47 Å². The van der Waals surface area contributed by atoms with Crippen molar-refractivity contribution in [1.29, 1.82) is 0 Å². The van der Waals surface area contributed by atoms with Gasteiger partial charge in [-0.05, 0) is 11.1 Å². The zero-order chi connectivity index (χ0) is 28.2. The first-order valence-electron chi connectivity index (χ1n) is 12.9. The van der Waals surface area contributed by atoms with Crippen molar-refractivity contribution in [2.45, 2.75) is 29.6 Å². The van der Waals surface area contributed by atoms with Crippen molar-refractivity contribution < 1.29 is 28.5 Å². The molecule has 204 valence electrons. The lowest BCUT2D eigenvalue weighted by molar-refractivity contribution is -0.153. The second-order valence-electron chi connectivity index (χ2n) is 10.5. The molecule has 0 spiro atoms. The Morgan fingerprint density at radius 1 is 1.12 bits per heavy atom. The van der Waals surface area contributed by atoms with Crippen LogP contribution in [0.5, 0.6) is 11.6 Å². The van der Waals surface area contributed by atoms with Gasteiger partial charge in [-0.25, -0.2) is 13.6 Å². The van der Waals surface area contributed by atoms with Crippen molar-refractivity contribution in [3.8, 4) is 11.6 Å². The molecule has 2 N–H and O–H groups in total. The van der Waals surface area contributed by atoms with Crippen LogP contribution in [-0.2, 0) is 11.2 Å². The lowest BCUT2D eigenvalue weighted by Crippen LogP contribution is -2.53. The molecule has 1 aromatic heterocycles. The minimum absolute atomic E-state index is 0.00130. The molecule has 2 fully saturated rings. The van der Waals surface area contributed by atoms with Gasteiger partial charge in [-0.15, -0.1) is 0 Å². The van der Waals surface area contributed by atoms with E-state index in [0.29, 0.717) is 11.3 Å². The molecule has 0 radical (unpaired) electrons. The maximum atomic E-state index is 13.3. The molecule has 5 atom stereocenters. The van der Waals surface area contributed by atoms with Gasteiger partial charge in [-0.1, -0.05) is 66.2 Å². The van der Waals surface area contributed by atoms with Crippen molar-refractivity contribution in [1.82, 2.24) is 9.88 Å². The molecule has 3 aliphatic rings. The van der Waals surface area contributed by atoms with Crippen LogP contribution in [0, 0.1) is 25.0 Å². The Kier molecular flexibility index (Phi) is 6.23. The number of hydrogen-bond acceptors (Lipinski definition) is 6. The molecule has 1 aliphatic carbocycles. The second-order valence-corrected chi connectivity index (χ2v) is 10.5. The summed E-state index contributed by atoms with van der Waals surface area (Å²) in [5.41, 5.74) is -1.93. The molecular formula is C30H26F2N4O4. The number of pyridine rings is 1. The highest BCUT2D eigenvalue weighted by atomic mass is 19.3. The van der Waals surface area contributed by atoms with Gasteiger partial charge in [0.2, 0.25) is 6.43 Å². The monoisotopic (exact) mass is 544 g/mol.